The second-order valence-corrected chi connectivity index (χ2v) is 11.8. The first-order chi connectivity index (χ1) is 20.0. The van der Waals surface area contributed by atoms with E-state index in [1.807, 2.05) is 60.7 Å². The van der Waals surface area contributed by atoms with Crippen LogP contribution < -0.4 is 4.74 Å². The van der Waals surface area contributed by atoms with E-state index in [4.69, 9.17) is 9.84 Å². The van der Waals surface area contributed by atoms with Crippen LogP contribution in [0.3, 0.4) is 0 Å². The average Bonchev–Trinajstić information content (AvgIpc) is 3.60. The molecule has 206 valence electrons. The summed E-state index contributed by atoms with van der Waals surface area (Å²) in [6, 6.07) is 30.4. The number of methoxy groups -OCH3 is 1. The van der Waals surface area contributed by atoms with Crippen LogP contribution >= 0.6 is 27.7 Å². The number of ether oxygens (including phenoxy) is 1. The number of carbonyl (C=O) groups excluding carboxylic acids is 1. The number of halogens is 2. The van der Waals surface area contributed by atoms with E-state index < -0.39 is 0 Å². The molecular weight excluding hydrogens is 601 g/mol. The Morgan fingerprint density at radius 2 is 1.73 bits per heavy atom. The van der Waals surface area contributed by atoms with Crippen LogP contribution in [-0.2, 0) is 11.3 Å². The molecule has 8 heteroatoms. The Bertz CT molecular complexity index is 1720. The van der Waals surface area contributed by atoms with E-state index in [0.29, 0.717) is 13.0 Å². The van der Waals surface area contributed by atoms with Gasteiger partial charge < -0.3 is 9.30 Å². The molecule has 0 saturated carbocycles. The molecular formula is C33H27BrFN3O2S. The van der Waals surface area contributed by atoms with Gasteiger partial charge in [0.05, 0.1) is 24.6 Å². The van der Waals surface area contributed by atoms with Crippen molar-refractivity contribution in [3.63, 3.8) is 0 Å². The Hall–Kier alpha value is -3.88. The third kappa shape index (κ3) is 5.94. The zero-order valence-electron chi connectivity index (χ0n) is 22.3. The van der Waals surface area contributed by atoms with Crippen molar-refractivity contribution >= 4 is 50.2 Å². The Morgan fingerprint density at radius 3 is 2.46 bits per heavy atom. The lowest BCUT2D eigenvalue weighted by molar-refractivity contribution is -0.130. The maximum Gasteiger partial charge on any atom is 0.253 e. The van der Waals surface area contributed by atoms with E-state index in [9.17, 15) is 9.18 Å². The average molecular weight is 629 g/mol. The van der Waals surface area contributed by atoms with Crippen molar-refractivity contribution < 1.29 is 13.9 Å². The van der Waals surface area contributed by atoms with Crippen LogP contribution in [0, 0.1) is 5.82 Å². The first-order valence-electron chi connectivity index (χ1n) is 13.2. The van der Waals surface area contributed by atoms with Gasteiger partial charge >= 0.3 is 0 Å². The first kappa shape index (κ1) is 27.3. The Balaban J connectivity index is 1.25. The molecule has 1 aliphatic rings. The van der Waals surface area contributed by atoms with E-state index in [-0.39, 0.29) is 23.5 Å². The first-order valence-corrected chi connectivity index (χ1v) is 15.0. The second kappa shape index (κ2) is 11.9. The number of rotatable bonds is 8. The number of carbonyl (C=O) groups is 1. The van der Waals surface area contributed by atoms with Crippen molar-refractivity contribution in [2.45, 2.75) is 23.9 Å². The molecule has 5 nitrogen and oxygen atoms in total. The highest BCUT2D eigenvalue weighted by Crippen LogP contribution is 2.36. The number of para-hydroxylation sites is 1. The molecule has 1 aromatic heterocycles. The van der Waals surface area contributed by atoms with Crippen molar-refractivity contribution in [3.05, 3.63) is 130 Å². The zero-order valence-corrected chi connectivity index (χ0v) is 24.7. The monoisotopic (exact) mass is 627 g/mol. The fourth-order valence-electron chi connectivity index (χ4n) is 5.09. The second-order valence-electron chi connectivity index (χ2n) is 9.84. The van der Waals surface area contributed by atoms with Gasteiger partial charge in [-0.2, -0.15) is 5.10 Å². The molecule has 0 aliphatic carbocycles. The quantitative estimate of drug-likeness (QED) is 0.163. The summed E-state index contributed by atoms with van der Waals surface area (Å²) in [5.41, 5.74) is 4.97. The summed E-state index contributed by atoms with van der Waals surface area (Å²) in [4.78, 5) is 14.8. The van der Waals surface area contributed by atoms with Gasteiger partial charge in [0.25, 0.3) is 5.91 Å². The molecule has 4 aromatic carbocycles. The van der Waals surface area contributed by atoms with E-state index in [1.165, 1.54) is 23.9 Å². The van der Waals surface area contributed by atoms with Gasteiger partial charge in [0.15, 0.2) is 0 Å². The minimum absolute atomic E-state index is 0.0571. The van der Waals surface area contributed by atoms with Crippen molar-refractivity contribution in [2.75, 3.05) is 12.9 Å². The standard InChI is InChI=1S/C33H27BrFN3O2S/c1-40-27-16-10-24(11-17-27)31-18-29(23-8-12-25(34)13-9-23)36-38(31)33(39)21-41-32-20-37(30-5-3-2-4-28(30)32)19-22-6-14-26(35)15-7-22/h2-17,20,31H,18-19,21H2,1H3. The Labute approximate surface area is 250 Å². The number of hydrazone groups is 1. The topological polar surface area (TPSA) is 46.8 Å². The fraction of sp³-hybridized carbons (Fsp3) is 0.152. The largest absolute Gasteiger partial charge is 0.497 e. The van der Waals surface area contributed by atoms with Gasteiger partial charge in [0.2, 0.25) is 0 Å². The van der Waals surface area contributed by atoms with Crippen molar-refractivity contribution in [1.29, 1.82) is 0 Å². The van der Waals surface area contributed by atoms with Crippen molar-refractivity contribution in [1.82, 2.24) is 9.58 Å². The predicted octanol–water partition coefficient (Wildman–Crippen LogP) is 8.07. The highest BCUT2D eigenvalue weighted by atomic mass is 79.9. The Morgan fingerprint density at radius 1 is 1.00 bits per heavy atom. The SMILES string of the molecule is COc1ccc(C2CC(c3ccc(Br)cc3)=NN2C(=O)CSc2cn(Cc3ccc(F)cc3)c3ccccc23)cc1. The zero-order chi connectivity index (χ0) is 28.3. The third-order valence-electron chi connectivity index (χ3n) is 7.21. The predicted molar refractivity (Wildman–Crippen MR) is 166 cm³/mol. The van der Waals surface area contributed by atoms with Gasteiger partial charge in [-0.1, -0.05) is 70.5 Å². The molecule has 1 aliphatic heterocycles. The minimum Gasteiger partial charge on any atom is -0.497 e. The van der Waals surface area contributed by atoms with E-state index >= 15 is 0 Å². The lowest BCUT2D eigenvalue weighted by atomic mass is 9.98. The van der Waals surface area contributed by atoms with E-state index in [2.05, 4.69) is 38.8 Å². The molecule has 41 heavy (non-hydrogen) atoms. The fourth-order valence-corrected chi connectivity index (χ4v) is 6.30. The van der Waals surface area contributed by atoms with E-state index in [0.717, 1.165) is 48.4 Å². The molecule has 0 spiro atoms. The maximum absolute atomic E-state index is 13.7. The van der Waals surface area contributed by atoms with Gasteiger partial charge in [0, 0.05) is 39.4 Å². The summed E-state index contributed by atoms with van der Waals surface area (Å²) < 4.78 is 21.9. The summed E-state index contributed by atoms with van der Waals surface area (Å²) in [6.07, 6.45) is 2.70. The summed E-state index contributed by atoms with van der Waals surface area (Å²) in [7, 11) is 1.64. The van der Waals surface area contributed by atoms with E-state index in [1.54, 1.807) is 24.3 Å². The molecule has 1 amide bonds. The molecule has 0 bridgehead atoms. The Kier molecular flexibility index (Phi) is 7.94. The molecule has 6 rings (SSSR count). The maximum atomic E-state index is 13.7. The van der Waals surface area contributed by atoms with Crippen LogP contribution in [0.4, 0.5) is 4.39 Å². The molecule has 1 atom stereocenters. The van der Waals surface area contributed by atoms with Gasteiger partial charge in [-0.25, -0.2) is 9.40 Å². The minimum atomic E-state index is -0.248. The number of thioether (sulfide) groups is 1. The number of benzene rings is 4. The number of hydrogen-bond acceptors (Lipinski definition) is 4. The van der Waals surface area contributed by atoms with Crippen LogP contribution in [0.5, 0.6) is 5.75 Å². The number of hydrogen-bond donors (Lipinski definition) is 0. The summed E-state index contributed by atoms with van der Waals surface area (Å²) in [5.74, 6) is 0.708. The molecule has 1 unspecified atom stereocenters. The molecule has 5 aromatic rings. The number of aromatic nitrogens is 1. The highest BCUT2D eigenvalue weighted by molar-refractivity contribution is 9.10. The molecule has 0 saturated heterocycles. The molecule has 0 N–H and O–H groups in total. The van der Waals surface area contributed by atoms with Crippen LogP contribution in [0.2, 0.25) is 0 Å². The lowest BCUT2D eigenvalue weighted by Gasteiger charge is -2.22. The summed E-state index contributed by atoms with van der Waals surface area (Å²) >= 11 is 5.01. The van der Waals surface area contributed by atoms with Gasteiger partial charge in [-0.3, -0.25) is 4.79 Å². The van der Waals surface area contributed by atoms with Crippen molar-refractivity contribution in [3.8, 4) is 5.75 Å². The third-order valence-corrected chi connectivity index (χ3v) is 8.77. The van der Waals surface area contributed by atoms with Gasteiger partial charge in [-0.15, -0.1) is 11.8 Å². The smallest absolute Gasteiger partial charge is 0.253 e. The number of amides is 1. The van der Waals surface area contributed by atoms with Crippen LogP contribution in [0.25, 0.3) is 10.9 Å². The summed E-state index contributed by atoms with van der Waals surface area (Å²) in [5, 5.41) is 7.56. The molecule has 2 heterocycles. The van der Waals surface area contributed by atoms with Crippen LogP contribution in [0.1, 0.15) is 29.2 Å². The summed E-state index contributed by atoms with van der Waals surface area (Å²) in [6.45, 7) is 0.613. The van der Waals surface area contributed by atoms with Crippen molar-refractivity contribution in [2.24, 2.45) is 5.10 Å². The number of fused-ring (bicyclic) bond motifs is 1. The molecule has 0 radical (unpaired) electrons. The normalized spacial score (nSPS) is 14.9. The highest BCUT2D eigenvalue weighted by Gasteiger charge is 2.33. The van der Waals surface area contributed by atoms with Gasteiger partial charge in [-0.05, 0) is 59.2 Å². The molecule has 0 fully saturated rings. The van der Waals surface area contributed by atoms with Crippen LogP contribution in [-0.4, -0.2) is 34.1 Å². The van der Waals surface area contributed by atoms with Crippen LogP contribution in [0.15, 0.2) is 118 Å². The number of nitrogens with zero attached hydrogens (tertiary/aromatic N) is 3. The lowest BCUT2D eigenvalue weighted by Crippen LogP contribution is -2.28. The van der Waals surface area contributed by atoms with Gasteiger partial charge in [0.1, 0.15) is 11.6 Å².